The summed E-state index contributed by atoms with van der Waals surface area (Å²) in [5, 5.41) is 11.3. The number of hydrogen-bond acceptors (Lipinski definition) is 5. The minimum absolute atomic E-state index is 0.0819. The van der Waals surface area contributed by atoms with Gasteiger partial charge < -0.3 is 19.5 Å². The van der Waals surface area contributed by atoms with E-state index in [-0.39, 0.29) is 30.0 Å². The Bertz CT molecular complexity index is 1000. The van der Waals surface area contributed by atoms with Gasteiger partial charge >= 0.3 is 5.97 Å². The van der Waals surface area contributed by atoms with Crippen molar-refractivity contribution in [2.75, 3.05) is 39.3 Å². The molecular weight excluding hydrogens is 500 g/mol. The van der Waals surface area contributed by atoms with Gasteiger partial charge in [0.2, 0.25) is 0 Å². The molecule has 4 aliphatic carbocycles. The Balaban J connectivity index is 1.22. The fourth-order valence-electron chi connectivity index (χ4n) is 11.3. The van der Waals surface area contributed by atoms with Gasteiger partial charge in [-0.25, -0.2) is 0 Å². The molecule has 0 aromatic heterocycles. The van der Waals surface area contributed by atoms with Crippen molar-refractivity contribution in [2.45, 2.75) is 104 Å². The highest BCUT2D eigenvalue weighted by atomic mass is 16.5. The molecule has 2 saturated heterocycles. The van der Waals surface area contributed by atoms with Gasteiger partial charge in [-0.05, 0) is 74.7 Å². The molecule has 5 fully saturated rings. The highest BCUT2D eigenvalue weighted by Gasteiger charge is 2.86. The maximum atomic E-state index is 13.8. The van der Waals surface area contributed by atoms with E-state index in [9.17, 15) is 14.7 Å². The number of hydrogen-bond donors (Lipinski definition) is 1. The van der Waals surface area contributed by atoms with Crippen LogP contribution in [0.25, 0.3) is 0 Å². The summed E-state index contributed by atoms with van der Waals surface area (Å²) in [5.41, 5.74) is -1.37. The molecule has 0 radical (unpaired) electrons. The topological polar surface area (TPSA) is 70.1 Å². The summed E-state index contributed by atoms with van der Waals surface area (Å²) in [6.07, 6.45) is 14.5. The SMILES string of the molecule is CCCCCCN1CCN(CC2CCC(C34C[C@@H]5[C@H](C)CC[C@H]5C5(C=O)CC3C=C(C(C)C)C45C(=O)O)O2)CC1. The van der Waals surface area contributed by atoms with E-state index in [4.69, 9.17) is 4.74 Å². The first kappa shape index (κ1) is 28.9. The number of aldehydes is 1. The molecule has 1 N–H and O–H groups in total. The molecule has 0 aromatic carbocycles. The summed E-state index contributed by atoms with van der Waals surface area (Å²) in [5.74, 6) is 0.655. The monoisotopic (exact) mass is 554 g/mol. The number of carbonyl (C=O) groups excluding carboxylic acids is 1. The summed E-state index contributed by atoms with van der Waals surface area (Å²) in [4.78, 5) is 32.3. The van der Waals surface area contributed by atoms with Crippen molar-refractivity contribution in [3.8, 4) is 0 Å². The van der Waals surface area contributed by atoms with Gasteiger partial charge in [0.15, 0.2) is 0 Å². The molecule has 6 rings (SSSR count). The van der Waals surface area contributed by atoms with Crippen LogP contribution in [0.1, 0.15) is 91.9 Å². The van der Waals surface area contributed by atoms with E-state index < -0.39 is 22.2 Å². The third-order valence-electron chi connectivity index (χ3n) is 12.9. The number of carboxylic acids is 1. The van der Waals surface area contributed by atoms with Gasteiger partial charge in [0, 0.05) is 38.1 Å². The van der Waals surface area contributed by atoms with Gasteiger partial charge in [0.25, 0.3) is 0 Å². The molecule has 0 amide bonds. The molecule has 40 heavy (non-hydrogen) atoms. The van der Waals surface area contributed by atoms with Crippen LogP contribution in [0.3, 0.4) is 0 Å². The lowest BCUT2D eigenvalue weighted by Gasteiger charge is -2.60. The number of nitrogens with zero attached hydrogens (tertiary/aromatic N) is 2. The van der Waals surface area contributed by atoms with Crippen molar-refractivity contribution in [3.63, 3.8) is 0 Å². The quantitative estimate of drug-likeness (QED) is 0.202. The summed E-state index contributed by atoms with van der Waals surface area (Å²) in [7, 11) is 0. The van der Waals surface area contributed by atoms with E-state index in [0.717, 1.165) is 76.7 Å². The van der Waals surface area contributed by atoms with E-state index in [1.54, 1.807) is 0 Å². The summed E-state index contributed by atoms with van der Waals surface area (Å²) in [6, 6.07) is 0. The molecular formula is C34H54N2O4. The zero-order valence-electron chi connectivity index (χ0n) is 25.6. The number of carbonyl (C=O) groups is 2. The molecule has 4 bridgehead atoms. The second kappa shape index (κ2) is 10.8. The van der Waals surface area contributed by atoms with E-state index in [2.05, 4.69) is 43.6 Å². The number of fused-ring (bicyclic) bond motifs is 2. The molecule has 2 aliphatic heterocycles. The number of rotatable bonds is 11. The Morgan fingerprint density at radius 3 is 2.50 bits per heavy atom. The fourth-order valence-corrected chi connectivity index (χ4v) is 11.3. The second-order valence-electron chi connectivity index (χ2n) is 14.9. The summed E-state index contributed by atoms with van der Waals surface area (Å²) < 4.78 is 7.03. The first-order valence-electron chi connectivity index (χ1n) is 16.8. The maximum absolute atomic E-state index is 13.8. The lowest BCUT2D eigenvalue weighted by Crippen LogP contribution is -2.65. The van der Waals surface area contributed by atoms with Crippen LogP contribution < -0.4 is 0 Å². The van der Waals surface area contributed by atoms with Crippen LogP contribution in [0.5, 0.6) is 0 Å². The molecule has 0 aromatic rings. The van der Waals surface area contributed by atoms with Crippen molar-refractivity contribution < 1.29 is 19.4 Å². The van der Waals surface area contributed by atoms with Gasteiger partial charge in [-0.15, -0.1) is 0 Å². The van der Waals surface area contributed by atoms with Crippen molar-refractivity contribution in [3.05, 3.63) is 11.6 Å². The number of carboxylic acid groups (broad SMARTS) is 1. The van der Waals surface area contributed by atoms with E-state index in [0.29, 0.717) is 18.3 Å². The number of unbranched alkanes of at least 4 members (excludes halogenated alkanes) is 3. The van der Waals surface area contributed by atoms with Gasteiger partial charge in [-0.1, -0.05) is 65.0 Å². The third-order valence-corrected chi connectivity index (χ3v) is 12.9. The predicted molar refractivity (Wildman–Crippen MR) is 157 cm³/mol. The van der Waals surface area contributed by atoms with Crippen LogP contribution in [0.2, 0.25) is 0 Å². The molecule has 6 heteroatoms. The zero-order valence-corrected chi connectivity index (χ0v) is 25.6. The van der Waals surface area contributed by atoms with Gasteiger partial charge in [0.05, 0.1) is 17.6 Å². The number of aliphatic carboxylic acids is 1. The Morgan fingerprint density at radius 1 is 1.07 bits per heavy atom. The van der Waals surface area contributed by atoms with Crippen LogP contribution in [0.4, 0.5) is 0 Å². The Morgan fingerprint density at radius 2 is 1.82 bits per heavy atom. The van der Waals surface area contributed by atoms with E-state index >= 15 is 0 Å². The van der Waals surface area contributed by atoms with Crippen molar-refractivity contribution in [1.29, 1.82) is 0 Å². The normalized spacial score (nSPS) is 44.8. The van der Waals surface area contributed by atoms with Crippen LogP contribution in [-0.2, 0) is 14.3 Å². The van der Waals surface area contributed by atoms with Gasteiger partial charge in [0.1, 0.15) is 11.7 Å². The zero-order chi connectivity index (χ0) is 28.3. The largest absolute Gasteiger partial charge is 0.481 e. The minimum Gasteiger partial charge on any atom is -0.481 e. The van der Waals surface area contributed by atoms with Gasteiger partial charge in [-0.3, -0.25) is 9.69 Å². The maximum Gasteiger partial charge on any atom is 0.315 e. The molecule has 9 atom stereocenters. The summed E-state index contributed by atoms with van der Waals surface area (Å²) in [6.45, 7) is 15.5. The average molecular weight is 555 g/mol. The smallest absolute Gasteiger partial charge is 0.315 e. The van der Waals surface area contributed by atoms with Crippen LogP contribution >= 0.6 is 0 Å². The van der Waals surface area contributed by atoms with Crippen LogP contribution in [0, 0.1) is 45.8 Å². The number of allylic oxidation sites excluding steroid dienone is 1. The first-order chi connectivity index (χ1) is 19.2. The lowest BCUT2D eigenvalue weighted by atomic mass is 9.41. The molecule has 6 aliphatic rings. The highest BCUT2D eigenvalue weighted by Crippen LogP contribution is 2.84. The van der Waals surface area contributed by atoms with Crippen molar-refractivity contribution >= 4 is 12.3 Å². The first-order valence-corrected chi connectivity index (χ1v) is 16.8. The molecule has 2 heterocycles. The van der Waals surface area contributed by atoms with Crippen LogP contribution in [0.15, 0.2) is 11.6 Å². The average Bonchev–Trinajstić information content (AvgIpc) is 3.67. The molecule has 0 spiro atoms. The number of piperazine rings is 1. The van der Waals surface area contributed by atoms with Gasteiger partial charge in [-0.2, -0.15) is 0 Å². The van der Waals surface area contributed by atoms with E-state index in [1.807, 2.05) is 0 Å². The molecule has 3 saturated carbocycles. The van der Waals surface area contributed by atoms with E-state index in [1.165, 1.54) is 32.2 Å². The second-order valence-corrected chi connectivity index (χ2v) is 14.9. The highest BCUT2D eigenvalue weighted by molar-refractivity contribution is 5.90. The molecule has 6 unspecified atom stereocenters. The summed E-state index contributed by atoms with van der Waals surface area (Å²) >= 11 is 0. The lowest BCUT2D eigenvalue weighted by molar-refractivity contribution is -0.197. The van der Waals surface area contributed by atoms with Crippen molar-refractivity contribution in [2.24, 2.45) is 45.8 Å². The Kier molecular flexibility index (Phi) is 7.79. The van der Waals surface area contributed by atoms with Crippen LogP contribution in [-0.4, -0.2) is 78.6 Å². The third kappa shape index (κ3) is 3.90. The molecule has 224 valence electrons. The number of ether oxygens (including phenoxy) is 1. The predicted octanol–water partition coefficient (Wildman–Crippen LogP) is 5.66. The standard InChI is InChI=1S/C34H54N2O4/c1-5-6-7-8-13-35-14-16-36(17-15-35)21-26-10-12-30(40-26)33-20-27-24(4)9-11-28(27)32(22-37)19-25(33)18-29(23(2)3)34(32,33)31(38)39/h18,22-28,30H,5-17,19-21H2,1-4H3,(H,38,39)/t24-,25?,26?,27-,28-,30?,32?,33?,34?/m1/s1. The fraction of sp³-hybridized carbons (Fsp3) is 0.882. The molecule has 6 nitrogen and oxygen atoms in total. The Labute approximate surface area is 242 Å². The van der Waals surface area contributed by atoms with Crippen molar-refractivity contribution in [1.82, 2.24) is 9.80 Å². The minimum atomic E-state index is -1.12. The Hall–Kier alpha value is -1.24.